The number of rotatable bonds is 5. The van der Waals surface area contributed by atoms with E-state index in [2.05, 4.69) is 68.3 Å². The van der Waals surface area contributed by atoms with Gasteiger partial charge in [0.05, 0.1) is 0 Å². The molecule has 1 N–H and O–H groups in total. The Bertz CT molecular complexity index is 1240. The number of aryl methyl sites for hydroxylation is 2. The molecular weight excluding hydrogens is 384 g/mol. The minimum atomic E-state index is -0.190. The third-order valence-electron chi connectivity index (χ3n) is 5.15. The molecule has 31 heavy (non-hydrogen) atoms. The van der Waals surface area contributed by atoms with E-state index in [1.807, 2.05) is 36.4 Å². The third kappa shape index (κ3) is 4.92. The molecule has 0 bridgehead atoms. The highest BCUT2D eigenvalue weighted by molar-refractivity contribution is 6.02. The molecule has 0 fully saturated rings. The molecule has 0 unspecified atom stereocenters. The molecule has 0 aliphatic carbocycles. The van der Waals surface area contributed by atoms with Crippen molar-refractivity contribution in [2.45, 2.75) is 33.6 Å². The van der Waals surface area contributed by atoms with Gasteiger partial charge in [0.15, 0.2) is 5.58 Å². The van der Waals surface area contributed by atoms with Gasteiger partial charge in [-0.15, -0.1) is 0 Å². The first-order valence-corrected chi connectivity index (χ1v) is 10.5. The van der Waals surface area contributed by atoms with Gasteiger partial charge in [-0.2, -0.15) is 0 Å². The molecule has 0 saturated carbocycles. The second kappa shape index (κ2) is 8.60. The minimum absolute atomic E-state index is 0.190. The van der Waals surface area contributed by atoms with E-state index in [0.717, 1.165) is 22.3 Å². The lowest BCUT2D eigenvalue weighted by Gasteiger charge is -2.04. The number of hydrogen-bond donors (Lipinski definition) is 1. The molecule has 0 radical (unpaired) electrons. The number of hydrogen-bond acceptors (Lipinski definition) is 3. The van der Waals surface area contributed by atoms with Crippen molar-refractivity contribution in [1.29, 1.82) is 0 Å². The van der Waals surface area contributed by atoms with Gasteiger partial charge in [0, 0.05) is 17.3 Å². The van der Waals surface area contributed by atoms with Crippen molar-refractivity contribution in [3.63, 3.8) is 0 Å². The Morgan fingerprint density at radius 2 is 1.68 bits per heavy atom. The molecule has 0 aliphatic rings. The van der Waals surface area contributed by atoms with Crippen molar-refractivity contribution < 1.29 is 9.21 Å². The summed E-state index contributed by atoms with van der Waals surface area (Å²) < 4.78 is 5.92. The van der Waals surface area contributed by atoms with Crippen molar-refractivity contribution in [3.8, 4) is 11.5 Å². The van der Waals surface area contributed by atoms with Gasteiger partial charge in [-0.05, 0) is 67.3 Å². The van der Waals surface area contributed by atoms with Gasteiger partial charge in [-0.3, -0.25) is 4.79 Å². The number of aromatic nitrogens is 1. The molecule has 0 saturated heterocycles. The summed E-state index contributed by atoms with van der Waals surface area (Å²) in [5.41, 5.74) is 7.62. The normalized spacial score (nSPS) is 11.5. The maximum atomic E-state index is 12.4. The van der Waals surface area contributed by atoms with E-state index in [-0.39, 0.29) is 5.91 Å². The molecule has 4 rings (SSSR count). The molecule has 4 aromatic rings. The van der Waals surface area contributed by atoms with Crippen LogP contribution in [0.2, 0.25) is 0 Å². The van der Waals surface area contributed by atoms with Crippen LogP contribution in [0.5, 0.6) is 0 Å². The summed E-state index contributed by atoms with van der Waals surface area (Å²) in [5, 5.41) is 2.89. The molecule has 1 amide bonds. The van der Waals surface area contributed by atoms with E-state index in [0.29, 0.717) is 28.6 Å². The van der Waals surface area contributed by atoms with Crippen molar-refractivity contribution in [2.75, 3.05) is 5.32 Å². The van der Waals surface area contributed by atoms with Crippen LogP contribution in [-0.4, -0.2) is 10.9 Å². The lowest BCUT2D eigenvalue weighted by atomic mass is 10.0. The zero-order valence-corrected chi connectivity index (χ0v) is 18.3. The van der Waals surface area contributed by atoms with Gasteiger partial charge in [0.25, 0.3) is 0 Å². The topological polar surface area (TPSA) is 55.1 Å². The van der Waals surface area contributed by atoms with Gasteiger partial charge in [0.2, 0.25) is 11.8 Å². The average molecular weight is 411 g/mol. The lowest BCUT2D eigenvalue weighted by molar-refractivity contribution is -0.111. The monoisotopic (exact) mass is 410 g/mol. The van der Waals surface area contributed by atoms with Crippen molar-refractivity contribution in [1.82, 2.24) is 4.98 Å². The van der Waals surface area contributed by atoms with Crippen LogP contribution >= 0.6 is 0 Å². The highest BCUT2D eigenvalue weighted by Crippen LogP contribution is 2.27. The number of oxazole rings is 1. The van der Waals surface area contributed by atoms with Gasteiger partial charge in [-0.1, -0.05) is 55.3 Å². The number of anilines is 1. The summed E-state index contributed by atoms with van der Waals surface area (Å²) in [6.45, 7) is 8.43. The number of nitrogens with one attached hydrogen (secondary N) is 1. The summed E-state index contributed by atoms with van der Waals surface area (Å²) in [5.74, 6) is 0.878. The predicted octanol–water partition coefficient (Wildman–Crippen LogP) is 6.89. The van der Waals surface area contributed by atoms with Crippen LogP contribution < -0.4 is 5.32 Å². The van der Waals surface area contributed by atoms with E-state index in [1.54, 1.807) is 6.08 Å². The van der Waals surface area contributed by atoms with E-state index < -0.39 is 0 Å². The molecular formula is C27H26N2O2. The Hall–Kier alpha value is -3.66. The zero-order chi connectivity index (χ0) is 22.0. The minimum Gasteiger partial charge on any atom is -0.436 e. The third-order valence-corrected chi connectivity index (χ3v) is 5.15. The summed E-state index contributed by atoms with van der Waals surface area (Å²) in [4.78, 5) is 17.0. The highest BCUT2D eigenvalue weighted by Gasteiger charge is 2.10. The Morgan fingerprint density at radius 3 is 2.35 bits per heavy atom. The van der Waals surface area contributed by atoms with Gasteiger partial charge < -0.3 is 9.73 Å². The number of nitrogens with zero attached hydrogens (tertiary/aromatic N) is 1. The van der Waals surface area contributed by atoms with Crippen LogP contribution in [0.4, 0.5) is 5.69 Å². The van der Waals surface area contributed by atoms with Gasteiger partial charge >= 0.3 is 0 Å². The zero-order valence-electron chi connectivity index (χ0n) is 18.3. The Morgan fingerprint density at radius 1 is 0.968 bits per heavy atom. The molecule has 1 heterocycles. The summed E-state index contributed by atoms with van der Waals surface area (Å²) in [7, 11) is 0. The van der Waals surface area contributed by atoms with Crippen LogP contribution in [0, 0.1) is 13.8 Å². The van der Waals surface area contributed by atoms with Crippen molar-refractivity contribution in [3.05, 3.63) is 89.0 Å². The van der Waals surface area contributed by atoms with Crippen LogP contribution in [0.15, 0.2) is 71.2 Å². The first kappa shape index (κ1) is 20.6. The summed E-state index contributed by atoms with van der Waals surface area (Å²) in [6.07, 6.45) is 3.35. The molecule has 156 valence electrons. The molecule has 4 heteroatoms. The Balaban J connectivity index is 1.48. The van der Waals surface area contributed by atoms with Crippen molar-refractivity contribution in [2.24, 2.45) is 0 Å². The number of benzene rings is 3. The fourth-order valence-electron chi connectivity index (χ4n) is 3.57. The standard InChI is InChI=1S/C27H26N2O2/c1-17(2)21-8-5-20(6-9-21)7-12-26(30)28-23-10-11-25-24(16-23)29-27(31-25)22-14-18(3)13-19(4)15-22/h5-17H,1-4H3,(H,28,30)/b12-7+. The molecule has 4 nitrogen and oxygen atoms in total. The molecule has 1 aromatic heterocycles. The number of fused-ring (bicyclic) bond motifs is 1. The summed E-state index contributed by atoms with van der Waals surface area (Å²) in [6, 6.07) is 19.9. The number of carbonyl (C=O) groups is 1. The predicted molar refractivity (Wildman–Crippen MR) is 127 cm³/mol. The molecule has 0 atom stereocenters. The van der Waals surface area contributed by atoms with Crippen LogP contribution in [0.1, 0.15) is 42.0 Å². The second-order valence-corrected chi connectivity index (χ2v) is 8.22. The number of carbonyl (C=O) groups excluding carboxylic acids is 1. The van der Waals surface area contributed by atoms with Crippen molar-refractivity contribution >= 4 is 28.8 Å². The van der Waals surface area contributed by atoms with E-state index in [4.69, 9.17) is 4.42 Å². The molecule has 0 spiro atoms. The highest BCUT2D eigenvalue weighted by atomic mass is 16.3. The SMILES string of the molecule is Cc1cc(C)cc(-c2nc3cc(NC(=O)/C=C/c4ccc(C(C)C)cc4)ccc3o2)c1. The quantitative estimate of drug-likeness (QED) is 0.365. The van der Waals surface area contributed by atoms with Crippen LogP contribution in [-0.2, 0) is 4.79 Å². The molecule has 0 aliphatic heterocycles. The smallest absolute Gasteiger partial charge is 0.248 e. The van der Waals surface area contributed by atoms with Gasteiger partial charge in [0.1, 0.15) is 5.52 Å². The maximum absolute atomic E-state index is 12.4. The lowest BCUT2D eigenvalue weighted by Crippen LogP contribution is -2.07. The number of amides is 1. The average Bonchev–Trinajstić information content (AvgIpc) is 3.15. The Kier molecular flexibility index (Phi) is 5.72. The van der Waals surface area contributed by atoms with Crippen LogP contribution in [0.3, 0.4) is 0 Å². The maximum Gasteiger partial charge on any atom is 0.248 e. The van der Waals surface area contributed by atoms with Crippen LogP contribution in [0.25, 0.3) is 28.6 Å². The Labute approximate surface area is 182 Å². The first-order chi connectivity index (χ1) is 14.9. The summed E-state index contributed by atoms with van der Waals surface area (Å²) >= 11 is 0. The molecule has 3 aromatic carbocycles. The largest absolute Gasteiger partial charge is 0.436 e. The second-order valence-electron chi connectivity index (χ2n) is 8.22. The van der Waals surface area contributed by atoms with E-state index in [1.165, 1.54) is 5.56 Å². The van der Waals surface area contributed by atoms with E-state index >= 15 is 0 Å². The fraction of sp³-hybridized carbons (Fsp3) is 0.185. The van der Waals surface area contributed by atoms with E-state index in [9.17, 15) is 4.79 Å². The van der Waals surface area contributed by atoms with Gasteiger partial charge in [-0.25, -0.2) is 4.98 Å². The fourth-order valence-corrected chi connectivity index (χ4v) is 3.57. The first-order valence-electron chi connectivity index (χ1n) is 10.5.